The normalized spacial score (nSPS) is 19.7. The second-order valence-electron chi connectivity index (χ2n) is 8.60. The average Bonchev–Trinajstić information content (AvgIpc) is 3.36. The molecule has 1 aliphatic carbocycles. The number of hydrogen-bond acceptors (Lipinski definition) is 4. The zero-order chi connectivity index (χ0) is 23.3. The lowest BCUT2D eigenvalue weighted by atomic mass is 9.72. The lowest BCUT2D eigenvalue weighted by molar-refractivity contribution is 0.0102. The number of hydrazine groups is 1. The molecule has 1 fully saturated rings. The molecular weight excluding hydrogens is 442 g/mol. The summed E-state index contributed by atoms with van der Waals surface area (Å²) < 4.78 is 6.11. The minimum absolute atomic E-state index is 0.182. The van der Waals surface area contributed by atoms with E-state index >= 15 is 0 Å². The molecule has 0 aromatic heterocycles. The molecule has 6 rings (SSSR count). The molecule has 0 bridgehead atoms. The minimum atomic E-state index is -0.696. The van der Waals surface area contributed by atoms with Crippen molar-refractivity contribution in [1.82, 2.24) is 5.01 Å². The van der Waals surface area contributed by atoms with Gasteiger partial charge in [-0.2, -0.15) is 10.3 Å². The van der Waals surface area contributed by atoms with Crippen LogP contribution in [0.5, 0.6) is 0 Å². The number of anilines is 1. The van der Waals surface area contributed by atoms with Crippen LogP contribution in [0.3, 0.4) is 0 Å². The summed E-state index contributed by atoms with van der Waals surface area (Å²) in [6, 6.07) is 35.0. The first-order valence-corrected chi connectivity index (χ1v) is 11.6. The van der Waals surface area contributed by atoms with Gasteiger partial charge in [-0.15, -0.1) is 0 Å². The van der Waals surface area contributed by atoms with E-state index in [0.717, 1.165) is 22.4 Å². The number of methoxy groups -OCH3 is 1. The first-order valence-electron chi connectivity index (χ1n) is 11.2. The molecule has 1 aliphatic heterocycles. The Morgan fingerprint density at radius 3 is 1.91 bits per heavy atom. The van der Waals surface area contributed by atoms with E-state index in [2.05, 4.69) is 71.9 Å². The summed E-state index contributed by atoms with van der Waals surface area (Å²) in [6.45, 7) is 0. The summed E-state index contributed by atoms with van der Waals surface area (Å²) in [6.07, 6.45) is 1.93. The number of nitriles is 1. The van der Waals surface area contributed by atoms with Crippen LogP contribution in [-0.2, 0) is 10.3 Å². The predicted octanol–water partition coefficient (Wildman–Crippen LogP) is 6.54. The van der Waals surface area contributed by atoms with Crippen LogP contribution in [0.1, 0.15) is 22.6 Å². The smallest absolute Gasteiger partial charge is 0.202 e. The van der Waals surface area contributed by atoms with Gasteiger partial charge in [0.1, 0.15) is 5.54 Å². The van der Waals surface area contributed by atoms with Crippen molar-refractivity contribution in [2.45, 2.75) is 17.7 Å². The van der Waals surface area contributed by atoms with Gasteiger partial charge in [0.15, 0.2) is 6.23 Å². The molecule has 1 saturated heterocycles. The maximum absolute atomic E-state index is 10.5. The van der Waals surface area contributed by atoms with E-state index in [4.69, 9.17) is 16.3 Å². The van der Waals surface area contributed by atoms with Crippen LogP contribution in [0.4, 0.5) is 5.69 Å². The highest BCUT2D eigenvalue weighted by Crippen LogP contribution is 2.63. The third kappa shape index (κ3) is 2.69. The van der Waals surface area contributed by atoms with E-state index in [0.29, 0.717) is 5.02 Å². The summed E-state index contributed by atoms with van der Waals surface area (Å²) in [5.74, 6) is -0.182. The minimum Gasteiger partial charge on any atom is -0.358 e. The SMILES string of the molecule is CO[C@@H]1[C@H](c2ccccc2)C2(c3ccccc3-c3ccccc32)N(c2ccc(Cl)cc2)N1C#N. The van der Waals surface area contributed by atoms with Crippen molar-refractivity contribution >= 4 is 17.3 Å². The fraction of sp³-hybridized carbons (Fsp3) is 0.138. The van der Waals surface area contributed by atoms with E-state index in [9.17, 15) is 5.26 Å². The van der Waals surface area contributed by atoms with Gasteiger partial charge in [0.25, 0.3) is 0 Å². The molecule has 0 amide bonds. The Morgan fingerprint density at radius 1 is 0.794 bits per heavy atom. The second-order valence-corrected chi connectivity index (χ2v) is 9.04. The summed E-state index contributed by atoms with van der Waals surface area (Å²) in [5.41, 5.74) is 5.94. The number of ether oxygens (including phenoxy) is 1. The Morgan fingerprint density at radius 2 is 1.35 bits per heavy atom. The van der Waals surface area contributed by atoms with Gasteiger partial charge in [0.05, 0.1) is 11.6 Å². The lowest BCUT2D eigenvalue weighted by Gasteiger charge is -2.42. The van der Waals surface area contributed by atoms with Crippen LogP contribution in [0.15, 0.2) is 103 Å². The lowest BCUT2D eigenvalue weighted by Crippen LogP contribution is -2.48. The maximum atomic E-state index is 10.5. The van der Waals surface area contributed by atoms with Crippen LogP contribution in [0, 0.1) is 11.5 Å². The summed E-state index contributed by atoms with van der Waals surface area (Å²) in [7, 11) is 1.68. The molecule has 166 valence electrons. The Hall–Kier alpha value is -3.78. The molecule has 0 unspecified atom stereocenters. The van der Waals surface area contributed by atoms with Crippen LogP contribution >= 0.6 is 11.6 Å². The summed E-state index contributed by atoms with van der Waals surface area (Å²) >= 11 is 6.26. The summed E-state index contributed by atoms with van der Waals surface area (Å²) in [4.78, 5) is 0. The number of benzene rings is 4. The molecule has 2 aliphatic rings. The van der Waals surface area contributed by atoms with Gasteiger partial charge in [-0.1, -0.05) is 90.5 Å². The summed E-state index contributed by atoms with van der Waals surface area (Å²) in [5, 5.41) is 14.9. The molecule has 0 saturated carbocycles. The first-order chi connectivity index (χ1) is 16.7. The van der Waals surface area contributed by atoms with Crippen LogP contribution in [0.2, 0.25) is 5.02 Å². The van der Waals surface area contributed by atoms with Gasteiger partial charge < -0.3 is 4.74 Å². The van der Waals surface area contributed by atoms with Crippen molar-refractivity contribution in [3.8, 4) is 17.3 Å². The van der Waals surface area contributed by atoms with E-state index in [1.807, 2.05) is 42.5 Å². The van der Waals surface area contributed by atoms with Gasteiger partial charge in [-0.25, -0.2) is 0 Å². The molecule has 4 nitrogen and oxygen atoms in total. The molecule has 1 spiro atoms. The topological polar surface area (TPSA) is 39.5 Å². The predicted molar refractivity (Wildman–Crippen MR) is 134 cm³/mol. The van der Waals surface area contributed by atoms with E-state index in [1.54, 1.807) is 12.1 Å². The van der Waals surface area contributed by atoms with E-state index < -0.39 is 11.8 Å². The van der Waals surface area contributed by atoms with Crippen molar-refractivity contribution in [3.05, 3.63) is 125 Å². The van der Waals surface area contributed by atoms with Crippen molar-refractivity contribution in [3.63, 3.8) is 0 Å². The van der Waals surface area contributed by atoms with Gasteiger partial charge in [-0.3, -0.25) is 5.01 Å². The quantitative estimate of drug-likeness (QED) is 0.323. The molecule has 0 N–H and O–H groups in total. The Kier molecular flexibility index (Phi) is 4.84. The average molecular weight is 464 g/mol. The van der Waals surface area contributed by atoms with Gasteiger partial charge in [-0.05, 0) is 52.1 Å². The highest BCUT2D eigenvalue weighted by atomic mass is 35.5. The number of halogens is 1. The fourth-order valence-electron chi connectivity index (χ4n) is 5.89. The molecule has 2 atom stereocenters. The van der Waals surface area contributed by atoms with Crippen molar-refractivity contribution in [2.24, 2.45) is 0 Å². The second kappa shape index (κ2) is 7.92. The molecule has 4 aromatic rings. The van der Waals surface area contributed by atoms with Crippen LogP contribution in [0.25, 0.3) is 11.1 Å². The first kappa shape index (κ1) is 20.8. The number of hydrogen-bond donors (Lipinski definition) is 0. The van der Waals surface area contributed by atoms with E-state index in [-0.39, 0.29) is 5.92 Å². The highest BCUT2D eigenvalue weighted by Gasteiger charge is 2.64. The molecule has 4 aromatic carbocycles. The third-order valence-electron chi connectivity index (χ3n) is 7.07. The highest BCUT2D eigenvalue weighted by molar-refractivity contribution is 6.30. The molecule has 34 heavy (non-hydrogen) atoms. The third-order valence-corrected chi connectivity index (χ3v) is 7.32. The van der Waals surface area contributed by atoms with Crippen molar-refractivity contribution < 1.29 is 4.74 Å². The molecule has 5 heteroatoms. The Labute approximate surface area is 204 Å². The standard InChI is InChI=1S/C29H22ClN3O/c1-34-28-27(20-9-3-2-4-10-20)29(33(32(28)19-31)22-17-15-21(30)16-18-22)25-13-7-5-11-23(25)24-12-6-8-14-26(24)29/h2-18,27-28H,1H3/t27-,28+/m0/s1. The van der Waals surface area contributed by atoms with E-state index in [1.165, 1.54) is 11.1 Å². The Balaban J connectivity index is 1.76. The van der Waals surface area contributed by atoms with Gasteiger partial charge >= 0.3 is 0 Å². The fourth-order valence-corrected chi connectivity index (χ4v) is 6.01. The number of fused-ring (bicyclic) bond motifs is 5. The van der Waals surface area contributed by atoms with Crippen molar-refractivity contribution in [2.75, 3.05) is 12.1 Å². The maximum Gasteiger partial charge on any atom is 0.202 e. The van der Waals surface area contributed by atoms with Crippen LogP contribution in [-0.4, -0.2) is 18.3 Å². The monoisotopic (exact) mass is 463 g/mol. The van der Waals surface area contributed by atoms with Gasteiger partial charge in [0.2, 0.25) is 6.19 Å². The molecule has 1 heterocycles. The molecular formula is C29H22ClN3O. The van der Waals surface area contributed by atoms with Crippen LogP contribution < -0.4 is 5.01 Å². The molecule has 0 radical (unpaired) electrons. The van der Waals surface area contributed by atoms with Crippen molar-refractivity contribution in [1.29, 1.82) is 5.26 Å². The number of rotatable bonds is 3. The zero-order valence-corrected chi connectivity index (χ0v) is 19.4. The van der Waals surface area contributed by atoms with Gasteiger partial charge in [0, 0.05) is 12.1 Å². The Bertz CT molecular complexity index is 1350. The largest absolute Gasteiger partial charge is 0.358 e. The zero-order valence-electron chi connectivity index (χ0n) is 18.6. The number of nitrogens with zero attached hydrogens (tertiary/aromatic N) is 3.